The molecule has 45 heavy (non-hydrogen) atoms. The minimum Gasteiger partial charge on any atom is -0.353 e. The molecular formula is C34H44N10O. The number of nitrogens with one attached hydrogen (secondary N) is 3. The van der Waals surface area contributed by atoms with Gasteiger partial charge in [0.05, 0.1) is 17.4 Å². The van der Waals surface area contributed by atoms with Gasteiger partial charge < -0.3 is 31.2 Å². The molecule has 0 spiro atoms. The van der Waals surface area contributed by atoms with Crippen LogP contribution in [-0.2, 0) is 11.3 Å². The van der Waals surface area contributed by atoms with E-state index in [4.69, 9.17) is 15.7 Å². The number of nitrogens with two attached hydrogens (primary N) is 1. The highest BCUT2D eigenvalue weighted by atomic mass is 16.1. The Labute approximate surface area is 264 Å². The number of benzene rings is 2. The minimum absolute atomic E-state index is 0.0206. The van der Waals surface area contributed by atoms with Crippen LogP contribution in [0.3, 0.4) is 0 Å². The first-order valence-corrected chi connectivity index (χ1v) is 15.9. The second-order valence-electron chi connectivity index (χ2n) is 12.6. The summed E-state index contributed by atoms with van der Waals surface area (Å²) in [6, 6.07) is 16.7. The van der Waals surface area contributed by atoms with Gasteiger partial charge in [-0.3, -0.25) is 4.79 Å². The number of amides is 1. The van der Waals surface area contributed by atoms with Gasteiger partial charge in [-0.05, 0) is 63.5 Å². The molecular weight excluding hydrogens is 564 g/mol. The molecule has 6 rings (SSSR count). The second kappa shape index (κ2) is 13.3. The largest absolute Gasteiger partial charge is 0.353 e. The molecule has 1 fully saturated rings. The smallest absolute Gasteiger partial charge is 0.230 e. The zero-order valence-corrected chi connectivity index (χ0v) is 26.7. The predicted octanol–water partition coefficient (Wildman–Crippen LogP) is 5.22. The van der Waals surface area contributed by atoms with Gasteiger partial charge in [0, 0.05) is 54.3 Å². The number of para-hydroxylation sites is 1. The van der Waals surface area contributed by atoms with E-state index in [0.29, 0.717) is 24.9 Å². The van der Waals surface area contributed by atoms with E-state index < -0.39 is 0 Å². The van der Waals surface area contributed by atoms with E-state index in [2.05, 4.69) is 68.6 Å². The Morgan fingerprint density at radius 1 is 1.11 bits per heavy atom. The Kier molecular flexibility index (Phi) is 8.99. The molecule has 0 bridgehead atoms. The third-order valence-electron chi connectivity index (χ3n) is 8.51. The van der Waals surface area contributed by atoms with E-state index in [0.717, 1.165) is 83.5 Å². The van der Waals surface area contributed by atoms with Crippen LogP contribution in [0.2, 0.25) is 0 Å². The topological polar surface area (TPSA) is 132 Å². The van der Waals surface area contributed by atoms with E-state index in [1.165, 1.54) is 0 Å². The molecule has 0 unspecified atom stereocenters. The monoisotopic (exact) mass is 608 g/mol. The molecule has 5 aromatic rings. The lowest BCUT2D eigenvalue weighted by atomic mass is 10.0. The molecule has 11 nitrogen and oxygen atoms in total. The first-order valence-electron chi connectivity index (χ1n) is 15.9. The van der Waals surface area contributed by atoms with Crippen LogP contribution in [0, 0.1) is 0 Å². The molecule has 0 radical (unpaired) electrons. The molecule has 0 aliphatic carbocycles. The summed E-state index contributed by atoms with van der Waals surface area (Å²) < 4.78 is 1.81. The number of anilines is 3. The van der Waals surface area contributed by atoms with Crippen LogP contribution in [0.4, 0.5) is 17.6 Å². The van der Waals surface area contributed by atoms with Crippen molar-refractivity contribution in [3.63, 3.8) is 0 Å². The first kappa shape index (κ1) is 30.5. The van der Waals surface area contributed by atoms with Crippen molar-refractivity contribution >= 4 is 40.0 Å². The van der Waals surface area contributed by atoms with Gasteiger partial charge in [-0.2, -0.15) is 19.6 Å². The summed E-state index contributed by atoms with van der Waals surface area (Å²) in [6.45, 7) is 7.40. The van der Waals surface area contributed by atoms with E-state index in [1.54, 1.807) is 0 Å². The van der Waals surface area contributed by atoms with Crippen LogP contribution in [0.1, 0.15) is 56.6 Å². The molecule has 1 aliphatic rings. The molecule has 236 valence electrons. The number of fused-ring (bicyclic) bond motifs is 2. The SMILES string of the molecule is CC(C)c1cnn2c(NCc3ccccc3-c3cc4cccc(NC(=O)CCCN(C)C)c4[nH]3)nc(N3CCC(N)CC3)nc12. The summed E-state index contributed by atoms with van der Waals surface area (Å²) in [5.74, 6) is 1.66. The number of aromatic nitrogens is 5. The molecule has 3 aromatic heterocycles. The fourth-order valence-corrected chi connectivity index (χ4v) is 5.93. The lowest BCUT2D eigenvalue weighted by Crippen LogP contribution is -2.40. The second-order valence-corrected chi connectivity index (χ2v) is 12.6. The average Bonchev–Trinajstić information content (AvgIpc) is 3.66. The maximum absolute atomic E-state index is 12.7. The third kappa shape index (κ3) is 6.79. The van der Waals surface area contributed by atoms with Gasteiger partial charge in [0.15, 0.2) is 5.65 Å². The maximum Gasteiger partial charge on any atom is 0.230 e. The Hall–Kier alpha value is -4.48. The van der Waals surface area contributed by atoms with Gasteiger partial charge in [-0.25, -0.2) is 0 Å². The number of rotatable bonds is 11. The predicted molar refractivity (Wildman–Crippen MR) is 182 cm³/mol. The molecule has 2 aromatic carbocycles. The summed E-state index contributed by atoms with van der Waals surface area (Å²) in [6.07, 6.45) is 5.04. The summed E-state index contributed by atoms with van der Waals surface area (Å²) in [7, 11) is 4.04. The third-order valence-corrected chi connectivity index (χ3v) is 8.51. The Bertz CT molecular complexity index is 1780. The van der Waals surface area contributed by atoms with Gasteiger partial charge in [-0.15, -0.1) is 0 Å². The fourth-order valence-electron chi connectivity index (χ4n) is 5.93. The molecule has 11 heteroatoms. The van der Waals surface area contributed by atoms with Gasteiger partial charge in [-0.1, -0.05) is 50.2 Å². The summed E-state index contributed by atoms with van der Waals surface area (Å²) in [5, 5.41) is 12.4. The van der Waals surface area contributed by atoms with Gasteiger partial charge >= 0.3 is 0 Å². The minimum atomic E-state index is 0.0206. The number of nitrogens with zero attached hydrogens (tertiary/aromatic N) is 6. The van der Waals surface area contributed by atoms with Crippen molar-refractivity contribution < 1.29 is 4.79 Å². The highest BCUT2D eigenvalue weighted by Crippen LogP contribution is 2.31. The number of aromatic amines is 1. The fraction of sp³-hybridized carbons (Fsp3) is 0.412. The van der Waals surface area contributed by atoms with Gasteiger partial charge in [0.25, 0.3) is 0 Å². The van der Waals surface area contributed by atoms with Crippen molar-refractivity contribution in [2.24, 2.45) is 5.73 Å². The van der Waals surface area contributed by atoms with Crippen molar-refractivity contribution in [3.05, 3.63) is 65.9 Å². The Morgan fingerprint density at radius 3 is 2.69 bits per heavy atom. The highest BCUT2D eigenvalue weighted by molar-refractivity contribution is 6.02. The van der Waals surface area contributed by atoms with Gasteiger partial charge in [0.2, 0.25) is 17.8 Å². The Morgan fingerprint density at radius 2 is 1.91 bits per heavy atom. The summed E-state index contributed by atoms with van der Waals surface area (Å²) in [5.41, 5.74) is 13.0. The lowest BCUT2D eigenvalue weighted by Gasteiger charge is -2.30. The molecule has 0 atom stereocenters. The number of hydrogen-bond acceptors (Lipinski definition) is 8. The van der Waals surface area contributed by atoms with Crippen molar-refractivity contribution in [3.8, 4) is 11.3 Å². The molecule has 1 amide bonds. The van der Waals surface area contributed by atoms with Crippen molar-refractivity contribution in [2.75, 3.05) is 49.3 Å². The molecule has 4 heterocycles. The summed E-state index contributed by atoms with van der Waals surface area (Å²) >= 11 is 0. The quantitative estimate of drug-likeness (QED) is 0.161. The van der Waals surface area contributed by atoms with E-state index in [9.17, 15) is 4.79 Å². The number of H-pyrrole nitrogens is 1. The van der Waals surface area contributed by atoms with Crippen LogP contribution in [0.25, 0.3) is 27.8 Å². The van der Waals surface area contributed by atoms with Crippen molar-refractivity contribution in [1.82, 2.24) is 29.5 Å². The molecule has 1 aliphatic heterocycles. The van der Waals surface area contributed by atoms with Crippen molar-refractivity contribution in [1.29, 1.82) is 0 Å². The van der Waals surface area contributed by atoms with Crippen LogP contribution in [-0.4, -0.2) is 75.1 Å². The van der Waals surface area contributed by atoms with Crippen LogP contribution < -0.4 is 21.3 Å². The normalized spacial score (nSPS) is 14.2. The number of piperidine rings is 1. The standard InChI is InChI=1S/C34H44N10O/c1-22(2)27-21-37-44-32(27)40-34(43-17-14-25(35)15-18-43)41-33(44)36-20-24-9-5-6-11-26(24)29-19-23-10-7-12-28(31(23)39-29)38-30(45)13-8-16-42(3)4/h5-7,9-12,19,21-22,25,39H,8,13-18,20,35H2,1-4H3,(H,38,45)(H,36,40,41). The number of carbonyl (C=O) groups is 1. The molecule has 5 N–H and O–H groups in total. The molecule has 0 saturated carbocycles. The summed E-state index contributed by atoms with van der Waals surface area (Å²) in [4.78, 5) is 30.5. The van der Waals surface area contributed by atoms with Crippen molar-refractivity contribution in [2.45, 2.75) is 58.0 Å². The van der Waals surface area contributed by atoms with Crippen LogP contribution in [0.15, 0.2) is 54.7 Å². The average molecular weight is 609 g/mol. The lowest BCUT2D eigenvalue weighted by molar-refractivity contribution is -0.116. The zero-order chi connectivity index (χ0) is 31.5. The number of carbonyl (C=O) groups excluding carboxylic acids is 1. The van der Waals surface area contributed by atoms with E-state index >= 15 is 0 Å². The van der Waals surface area contributed by atoms with Crippen LogP contribution in [0.5, 0.6) is 0 Å². The Balaban J connectivity index is 1.27. The van der Waals surface area contributed by atoms with E-state index in [1.807, 2.05) is 49.1 Å². The van der Waals surface area contributed by atoms with E-state index in [-0.39, 0.29) is 17.9 Å². The zero-order valence-electron chi connectivity index (χ0n) is 26.7. The maximum atomic E-state index is 12.7. The first-order chi connectivity index (χ1) is 21.8. The highest BCUT2D eigenvalue weighted by Gasteiger charge is 2.22. The number of hydrogen-bond donors (Lipinski definition) is 4. The van der Waals surface area contributed by atoms with Gasteiger partial charge in [0.1, 0.15) is 0 Å². The molecule has 1 saturated heterocycles. The van der Waals surface area contributed by atoms with Crippen LogP contribution >= 0.6 is 0 Å².